The Morgan fingerprint density at radius 1 is 1.41 bits per heavy atom. The summed E-state index contributed by atoms with van der Waals surface area (Å²) >= 11 is 5.85. The molecule has 0 fully saturated rings. The second kappa shape index (κ2) is 6.28. The highest BCUT2D eigenvalue weighted by molar-refractivity contribution is 8.13. The van der Waals surface area contributed by atoms with Crippen LogP contribution < -0.4 is 4.74 Å². The molecule has 0 aliphatic rings. The fourth-order valence-corrected chi connectivity index (χ4v) is 2.12. The molecule has 0 aromatic heterocycles. The third kappa shape index (κ3) is 5.44. The van der Waals surface area contributed by atoms with Gasteiger partial charge in [-0.15, -0.1) is 0 Å². The molecule has 0 unspecified atom stereocenters. The molecule has 0 spiro atoms. The maximum atomic E-state index is 10.7. The molecule has 0 saturated heterocycles. The molecule has 3 nitrogen and oxygen atoms in total. The Morgan fingerprint density at radius 2 is 2.12 bits per heavy atom. The number of benzene rings is 1. The first-order chi connectivity index (χ1) is 7.92. The first-order valence-electron chi connectivity index (χ1n) is 4.85. The number of rotatable bonds is 5. The molecule has 1 aromatic rings. The SMILES string of the molecule is COc1ccc(Cl)cc1/C=C/CCS(=O)(=O)Cl. The van der Waals surface area contributed by atoms with Crippen LogP contribution >= 0.6 is 22.3 Å². The van der Waals surface area contributed by atoms with Gasteiger partial charge in [0.15, 0.2) is 0 Å². The predicted molar refractivity (Wildman–Crippen MR) is 71.3 cm³/mol. The van der Waals surface area contributed by atoms with Crippen molar-refractivity contribution in [3.05, 3.63) is 34.9 Å². The van der Waals surface area contributed by atoms with Gasteiger partial charge in [-0.3, -0.25) is 0 Å². The monoisotopic (exact) mass is 294 g/mol. The van der Waals surface area contributed by atoms with Crippen molar-refractivity contribution in [2.75, 3.05) is 12.9 Å². The van der Waals surface area contributed by atoms with E-state index in [0.717, 1.165) is 5.56 Å². The molecular weight excluding hydrogens is 283 g/mol. The van der Waals surface area contributed by atoms with Gasteiger partial charge < -0.3 is 4.74 Å². The standard InChI is InChI=1S/C11H12Cl2O3S/c1-16-11-6-5-10(12)8-9(11)4-2-3-7-17(13,14)15/h2,4-6,8H,3,7H2,1H3/b4-2+. The van der Waals surface area contributed by atoms with Crippen LogP contribution in [0, 0.1) is 0 Å². The Hall–Kier alpha value is -0.710. The van der Waals surface area contributed by atoms with E-state index in [9.17, 15) is 8.42 Å². The van der Waals surface area contributed by atoms with Crippen LogP contribution in [0.2, 0.25) is 5.02 Å². The van der Waals surface area contributed by atoms with Gasteiger partial charge in [-0.1, -0.05) is 23.8 Å². The molecule has 0 heterocycles. The third-order valence-corrected chi connectivity index (χ3v) is 3.44. The van der Waals surface area contributed by atoms with Crippen molar-refractivity contribution in [3.63, 3.8) is 0 Å². The molecule has 1 aromatic carbocycles. The summed E-state index contributed by atoms with van der Waals surface area (Å²) in [6.07, 6.45) is 3.82. The van der Waals surface area contributed by atoms with Crippen molar-refractivity contribution in [1.82, 2.24) is 0 Å². The zero-order chi connectivity index (χ0) is 12.9. The maximum Gasteiger partial charge on any atom is 0.232 e. The summed E-state index contributed by atoms with van der Waals surface area (Å²) < 4.78 is 26.6. The van der Waals surface area contributed by atoms with Gasteiger partial charge in [0, 0.05) is 21.3 Å². The molecule has 0 N–H and O–H groups in total. The van der Waals surface area contributed by atoms with Gasteiger partial charge in [-0.2, -0.15) is 0 Å². The van der Waals surface area contributed by atoms with E-state index in [4.69, 9.17) is 27.0 Å². The van der Waals surface area contributed by atoms with Crippen LogP contribution in [0.3, 0.4) is 0 Å². The number of hydrogen-bond acceptors (Lipinski definition) is 3. The lowest BCUT2D eigenvalue weighted by molar-refractivity contribution is 0.414. The van der Waals surface area contributed by atoms with Crippen LogP contribution in [-0.4, -0.2) is 21.3 Å². The largest absolute Gasteiger partial charge is 0.496 e. The number of hydrogen-bond donors (Lipinski definition) is 0. The average Bonchev–Trinajstić information content (AvgIpc) is 2.23. The Bertz CT molecular complexity index is 509. The van der Waals surface area contributed by atoms with Crippen molar-refractivity contribution in [2.24, 2.45) is 0 Å². The van der Waals surface area contributed by atoms with Gasteiger partial charge >= 0.3 is 0 Å². The highest BCUT2D eigenvalue weighted by Gasteiger charge is 2.03. The molecule has 0 bridgehead atoms. The first kappa shape index (κ1) is 14.4. The summed E-state index contributed by atoms with van der Waals surface area (Å²) in [6, 6.07) is 5.22. The van der Waals surface area contributed by atoms with Gasteiger partial charge in [0.2, 0.25) is 9.05 Å². The van der Waals surface area contributed by atoms with Gasteiger partial charge in [0.05, 0.1) is 12.9 Å². The summed E-state index contributed by atoms with van der Waals surface area (Å²) in [5, 5.41) is 0.593. The lowest BCUT2D eigenvalue weighted by atomic mass is 10.2. The summed E-state index contributed by atoms with van der Waals surface area (Å²) in [5.74, 6) is 0.591. The van der Waals surface area contributed by atoms with Crippen LogP contribution in [0.5, 0.6) is 5.75 Å². The molecule has 94 valence electrons. The first-order valence-corrected chi connectivity index (χ1v) is 7.70. The Kier molecular flexibility index (Phi) is 5.31. The molecule has 0 aliphatic carbocycles. The van der Waals surface area contributed by atoms with Crippen molar-refractivity contribution >= 4 is 37.4 Å². The Balaban J connectivity index is 2.73. The quantitative estimate of drug-likeness (QED) is 0.783. The van der Waals surface area contributed by atoms with Crippen LogP contribution in [0.4, 0.5) is 0 Å². The summed E-state index contributed by atoms with van der Waals surface area (Å²) in [6.45, 7) is 0. The van der Waals surface area contributed by atoms with E-state index in [1.54, 1.807) is 37.5 Å². The summed E-state index contributed by atoms with van der Waals surface area (Å²) in [7, 11) is 3.21. The predicted octanol–water partition coefficient (Wildman–Crippen LogP) is 3.32. The van der Waals surface area contributed by atoms with Crippen LogP contribution in [0.1, 0.15) is 12.0 Å². The van der Waals surface area contributed by atoms with E-state index in [1.165, 1.54) is 0 Å². The van der Waals surface area contributed by atoms with Crippen molar-refractivity contribution < 1.29 is 13.2 Å². The van der Waals surface area contributed by atoms with E-state index < -0.39 is 9.05 Å². The summed E-state index contributed by atoms with van der Waals surface area (Å²) in [4.78, 5) is 0. The minimum Gasteiger partial charge on any atom is -0.496 e. The summed E-state index contributed by atoms with van der Waals surface area (Å²) in [5.41, 5.74) is 0.798. The minimum absolute atomic E-state index is 0.0893. The van der Waals surface area contributed by atoms with E-state index in [1.807, 2.05) is 0 Å². The second-order valence-electron chi connectivity index (χ2n) is 3.32. The zero-order valence-electron chi connectivity index (χ0n) is 9.19. The molecule has 0 saturated carbocycles. The molecule has 0 aliphatic heterocycles. The fourth-order valence-electron chi connectivity index (χ4n) is 1.25. The van der Waals surface area contributed by atoms with Crippen LogP contribution in [0.15, 0.2) is 24.3 Å². The van der Waals surface area contributed by atoms with Gasteiger partial charge in [-0.25, -0.2) is 8.42 Å². The zero-order valence-corrected chi connectivity index (χ0v) is 11.5. The fraction of sp³-hybridized carbons (Fsp3) is 0.273. The highest BCUT2D eigenvalue weighted by Crippen LogP contribution is 2.23. The maximum absolute atomic E-state index is 10.7. The van der Waals surface area contributed by atoms with Gasteiger partial charge in [0.1, 0.15) is 5.75 Å². The smallest absolute Gasteiger partial charge is 0.232 e. The van der Waals surface area contributed by atoms with Crippen LogP contribution in [-0.2, 0) is 9.05 Å². The molecular formula is C11H12Cl2O3S. The molecule has 6 heteroatoms. The lowest BCUT2D eigenvalue weighted by Gasteiger charge is -2.04. The van der Waals surface area contributed by atoms with Crippen molar-refractivity contribution in [2.45, 2.75) is 6.42 Å². The van der Waals surface area contributed by atoms with Crippen molar-refractivity contribution in [1.29, 1.82) is 0 Å². The topological polar surface area (TPSA) is 43.4 Å². The third-order valence-electron chi connectivity index (χ3n) is 2.02. The molecule has 0 radical (unpaired) electrons. The number of halogens is 2. The van der Waals surface area contributed by atoms with E-state index >= 15 is 0 Å². The van der Waals surface area contributed by atoms with E-state index in [2.05, 4.69) is 0 Å². The lowest BCUT2D eigenvalue weighted by Crippen LogP contribution is -1.94. The Morgan fingerprint density at radius 3 is 2.71 bits per heavy atom. The number of ether oxygens (including phenoxy) is 1. The second-order valence-corrected chi connectivity index (χ2v) is 6.65. The molecule has 17 heavy (non-hydrogen) atoms. The molecule has 0 atom stereocenters. The molecule has 0 amide bonds. The Labute approximate surface area is 110 Å². The van der Waals surface area contributed by atoms with E-state index in [-0.39, 0.29) is 5.75 Å². The van der Waals surface area contributed by atoms with Gasteiger partial charge in [-0.05, 0) is 24.6 Å². The number of allylic oxidation sites excluding steroid dienone is 1. The van der Waals surface area contributed by atoms with E-state index in [0.29, 0.717) is 17.2 Å². The minimum atomic E-state index is -3.44. The molecule has 1 rings (SSSR count). The average molecular weight is 295 g/mol. The highest BCUT2D eigenvalue weighted by atomic mass is 35.7. The van der Waals surface area contributed by atoms with Crippen molar-refractivity contribution in [3.8, 4) is 5.75 Å². The van der Waals surface area contributed by atoms with Crippen LogP contribution in [0.25, 0.3) is 6.08 Å². The van der Waals surface area contributed by atoms with Gasteiger partial charge in [0.25, 0.3) is 0 Å². The normalized spacial score (nSPS) is 11.9. The number of methoxy groups -OCH3 is 1.